The molecule has 0 fully saturated rings. The number of hydrogen-bond acceptors (Lipinski definition) is 4. The average molecular weight is 179 g/mol. The molecule has 0 aromatic heterocycles. The molecule has 0 rings (SSSR count). The molecule has 0 spiro atoms. The predicted molar refractivity (Wildman–Crippen MR) is 38.5 cm³/mol. The Kier molecular flexibility index (Phi) is 7.36. The Balaban J connectivity index is 0. The fourth-order valence-electron chi connectivity index (χ4n) is 0.585. The van der Waals surface area contributed by atoms with E-state index in [0.717, 1.165) is 0 Å². The fourth-order valence-corrected chi connectivity index (χ4v) is 0.585. The van der Waals surface area contributed by atoms with Crippen LogP contribution in [0.25, 0.3) is 0 Å². The zero-order valence-corrected chi connectivity index (χ0v) is 6.82. The van der Waals surface area contributed by atoms with Gasteiger partial charge in [-0.2, -0.15) is 0 Å². The molecule has 0 aliphatic carbocycles. The van der Waals surface area contributed by atoms with Gasteiger partial charge in [-0.3, -0.25) is 4.79 Å². The Hall–Kier alpha value is -1.14. The van der Waals surface area contributed by atoms with Gasteiger partial charge >= 0.3 is 5.97 Å². The van der Waals surface area contributed by atoms with E-state index in [-0.39, 0.29) is 19.0 Å². The van der Waals surface area contributed by atoms with E-state index in [0.29, 0.717) is 0 Å². The number of aliphatic hydroxyl groups is 1. The quantitative estimate of drug-likeness (QED) is 0.483. The van der Waals surface area contributed by atoms with E-state index < -0.39 is 24.5 Å². The molecule has 6 heteroatoms. The first kappa shape index (κ1) is 13.4. The van der Waals surface area contributed by atoms with E-state index in [1.807, 2.05) is 0 Å². The third-order valence-corrected chi connectivity index (χ3v) is 1.09. The highest BCUT2D eigenvalue weighted by Crippen LogP contribution is 2.00. The van der Waals surface area contributed by atoms with Gasteiger partial charge in [0.2, 0.25) is 0 Å². The molecule has 0 bridgehead atoms. The van der Waals surface area contributed by atoms with Crippen LogP contribution in [-0.2, 0) is 9.59 Å². The van der Waals surface area contributed by atoms with Gasteiger partial charge in [-0.05, 0) is 6.42 Å². The smallest absolute Gasteiger partial charge is 0.303 e. The van der Waals surface area contributed by atoms with Crippen molar-refractivity contribution in [2.24, 2.45) is 0 Å². The maximum Gasteiger partial charge on any atom is 0.303 e. The van der Waals surface area contributed by atoms with Crippen LogP contribution in [0.1, 0.15) is 19.3 Å². The summed E-state index contributed by atoms with van der Waals surface area (Å²) < 4.78 is 0. The molecule has 1 atom stereocenters. The number of carboxylic acid groups (broad SMARTS) is 2. The van der Waals surface area contributed by atoms with Crippen molar-refractivity contribution in [1.82, 2.24) is 6.15 Å². The van der Waals surface area contributed by atoms with Crippen LogP contribution in [0.2, 0.25) is 0 Å². The molecule has 6 N–H and O–H groups in total. The van der Waals surface area contributed by atoms with Crippen LogP contribution in [0.15, 0.2) is 0 Å². The number of aliphatic hydroxyl groups excluding tert-OH is 1. The van der Waals surface area contributed by atoms with Crippen molar-refractivity contribution in [2.75, 3.05) is 0 Å². The van der Waals surface area contributed by atoms with Crippen molar-refractivity contribution < 1.29 is 24.9 Å². The fraction of sp³-hybridized carbons (Fsp3) is 0.667. The molecular formula is C6H13NO5. The lowest BCUT2D eigenvalue weighted by Crippen LogP contribution is -2.27. The van der Waals surface area contributed by atoms with Crippen molar-refractivity contribution >= 4 is 11.9 Å². The summed E-state index contributed by atoms with van der Waals surface area (Å²) in [6.45, 7) is 0. The Morgan fingerprint density at radius 2 is 1.92 bits per heavy atom. The standard InChI is InChI=1S/C6H10O5.H3N/c7-4(3-6(10)11)1-2-5(8)9;/h4,7H,1-3H2,(H,8,9)(H,10,11);1H3. The van der Waals surface area contributed by atoms with Crippen LogP contribution >= 0.6 is 0 Å². The number of carbonyl (C=O) groups is 2. The lowest BCUT2D eigenvalue weighted by Gasteiger charge is -2.08. The van der Waals surface area contributed by atoms with Gasteiger partial charge in [-0.15, -0.1) is 0 Å². The molecule has 6 nitrogen and oxygen atoms in total. The van der Waals surface area contributed by atoms with Crippen molar-refractivity contribution in [3.8, 4) is 0 Å². The largest absolute Gasteiger partial charge is 0.550 e. The normalized spacial score (nSPS) is 11.4. The SMILES string of the molecule is O=C([O-])CC(O)CCC(=O)O.[NH4+]. The summed E-state index contributed by atoms with van der Waals surface area (Å²) in [5, 5.41) is 26.7. The second-order valence-corrected chi connectivity index (χ2v) is 2.16. The summed E-state index contributed by atoms with van der Waals surface area (Å²) in [5.41, 5.74) is 0. The minimum Gasteiger partial charge on any atom is -0.550 e. The molecule has 0 aromatic carbocycles. The van der Waals surface area contributed by atoms with Gasteiger partial charge in [-0.1, -0.05) is 0 Å². The minimum atomic E-state index is -1.37. The van der Waals surface area contributed by atoms with E-state index in [1.54, 1.807) is 0 Å². The molecule has 0 aliphatic rings. The van der Waals surface area contributed by atoms with E-state index >= 15 is 0 Å². The molecule has 72 valence electrons. The lowest BCUT2D eigenvalue weighted by atomic mass is 10.1. The molecule has 12 heavy (non-hydrogen) atoms. The van der Waals surface area contributed by atoms with Gasteiger partial charge in [0.15, 0.2) is 0 Å². The summed E-state index contributed by atoms with van der Waals surface area (Å²) in [4.78, 5) is 19.8. The van der Waals surface area contributed by atoms with Crippen LogP contribution in [-0.4, -0.2) is 28.3 Å². The Labute approximate surface area is 69.4 Å². The van der Waals surface area contributed by atoms with Crippen LogP contribution in [0.3, 0.4) is 0 Å². The highest BCUT2D eigenvalue weighted by atomic mass is 16.4. The lowest BCUT2D eigenvalue weighted by molar-refractivity contribution is -0.307. The first-order chi connectivity index (χ1) is 5.02. The first-order valence-corrected chi connectivity index (χ1v) is 3.12. The topological polar surface area (TPSA) is 134 Å². The minimum absolute atomic E-state index is 0. The third-order valence-electron chi connectivity index (χ3n) is 1.09. The number of carboxylic acids is 2. The Bertz CT molecular complexity index is 158. The van der Waals surface area contributed by atoms with Gasteiger partial charge in [0.25, 0.3) is 0 Å². The van der Waals surface area contributed by atoms with Gasteiger partial charge < -0.3 is 26.3 Å². The molecule has 0 aromatic rings. The van der Waals surface area contributed by atoms with Crippen molar-refractivity contribution in [1.29, 1.82) is 0 Å². The number of quaternary nitrogens is 1. The maximum atomic E-state index is 9.92. The van der Waals surface area contributed by atoms with Crippen LogP contribution in [0.5, 0.6) is 0 Å². The van der Waals surface area contributed by atoms with E-state index in [4.69, 9.17) is 10.2 Å². The molecule has 0 amide bonds. The zero-order valence-electron chi connectivity index (χ0n) is 6.82. The number of aliphatic carboxylic acids is 2. The van der Waals surface area contributed by atoms with Crippen molar-refractivity contribution in [3.05, 3.63) is 0 Å². The average Bonchev–Trinajstić information content (AvgIpc) is 1.82. The van der Waals surface area contributed by atoms with E-state index in [9.17, 15) is 14.7 Å². The Morgan fingerprint density at radius 1 is 1.42 bits per heavy atom. The molecular weight excluding hydrogens is 166 g/mol. The summed E-state index contributed by atoms with van der Waals surface area (Å²) in [6, 6.07) is 0. The van der Waals surface area contributed by atoms with Crippen molar-refractivity contribution in [2.45, 2.75) is 25.4 Å². The third kappa shape index (κ3) is 8.86. The number of rotatable bonds is 5. The second-order valence-electron chi connectivity index (χ2n) is 2.16. The monoisotopic (exact) mass is 179 g/mol. The zero-order chi connectivity index (χ0) is 8.85. The van der Waals surface area contributed by atoms with Gasteiger partial charge in [0, 0.05) is 18.8 Å². The van der Waals surface area contributed by atoms with Gasteiger partial charge in [0.05, 0.1) is 6.10 Å². The Morgan fingerprint density at radius 3 is 2.25 bits per heavy atom. The van der Waals surface area contributed by atoms with E-state index in [1.165, 1.54) is 0 Å². The first-order valence-electron chi connectivity index (χ1n) is 3.12. The predicted octanol–water partition coefficient (Wildman–Crippen LogP) is -1.27. The maximum absolute atomic E-state index is 9.92. The molecule has 1 unspecified atom stereocenters. The summed E-state index contributed by atoms with van der Waals surface area (Å²) in [7, 11) is 0. The molecule has 0 saturated heterocycles. The molecule has 0 heterocycles. The van der Waals surface area contributed by atoms with Crippen molar-refractivity contribution in [3.63, 3.8) is 0 Å². The van der Waals surface area contributed by atoms with Gasteiger partial charge in [0.1, 0.15) is 0 Å². The van der Waals surface area contributed by atoms with E-state index in [2.05, 4.69) is 0 Å². The van der Waals surface area contributed by atoms with Gasteiger partial charge in [-0.25, -0.2) is 0 Å². The summed E-state index contributed by atoms with van der Waals surface area (Å²) >= 11 is 0. The van der Waals surface area contributed by atoms with Crippen LogP contribution < -0.4 is 11.3 Å². The second kappa shape index (κ2) is 6.56. The number of hydrogen-bond donors (Lipinski definition) is 3. The highest BCUT2D eigenvalue weighted by molar-refractivity contribution is 5.67. The molecule has 0 saturated carbocycles. The summed E-state index contributed by atoms with van der Waals surface area (Å²) in [5.74, 6) is -2.43. The molecule has 0 aliphatic heterocycles. The van der Waals surface area contributed by atoms with Crippen LogP contribution in [0.4, 0.5) is 0 Å². The van der Waals surface area contributed by atoms with Crippen LogP contribution in [0, 0.1) is 0 Å². The number of carbonyl (C=O) groups excluding carboxylic acids is 1. The highest BCUT2D eigenvalue weighted by Gasteiger charge is 2.06. The summed E-state index contributed by atoms with van der Waals surface area (Å²) in [6.07, 6.45) is -1.90. The molecule has 0 radical (unpaired) electrons.